The van der Waals surface area contributed by atoms with Crippen LogP contribution in [0, 0.1) is 5.92 Å². The number of hydrogen-bond acceptors (Lipinski definition) is 20. The smallest absolute Gasteiger partial charge is 0.465 e. The van der Waals surface area contributed by atoms with E-state index < -0.39 is 54.2 Å². The van der Waals surface area contributed by atoms with Gasteiger partial charge in [-0.1, -0.05) is 20.1 Å². The van der Waals surface area contributed by atoms with Crippen molar-refractivity contribution in [1.29, 1.82) is 0 Å². The summed E-state index contributed by atoms with van der Waals surface area (Å²) in [5, 5.41) is 0. The lowest BCUT2D eigenvalue weighted by molar-refractivity contribution is -0.138. The highest BCUT2D eigenvalue weighted by atomic mass is 16.7. The first-order chi connectivity index (χ1) is 34.8. The lowest BCUT2D eigenvalue weighted by Gasteiger charge is -2.16. The minimum Gasteiger partial charge on any atom is -0.465 e. The summed E-state index contributed by atoms with van der Waals surface area (Å²) in [5.41, 5.74) is 1.09. The third-order valence-electron chi connectivity index (χ3n) is 10.2. The van der Waals surface area contributed by atoms with Gasteiger partial charge in [-0.15, -0.1) is 0 Å². The fraction of sp³-hybridized carbons (Fsp3) is 0.308. The van der Waals surface area contributed by atoms with Gasteiger partial charge in [-0.3, -0.25) is 0 Å². The highest BCUT2D eigenvalue weighted by molar-refractivity contribution is 5.93. The van der Waals surface area contributed by atoms with Crippen LogP contribution in [0.2, 0.25) is 0 Å². The molecule has 4 atom stereocenters. The van der Waals surface area contributed by atoms with Crippen molar-refractivity contribution in [3.8, 4) is 23.0 Å². The first-order valence-corrected chi connectivity index (χ1v) is 22.4. The number of ether oxygens (including phenoxy) is 12. The predicted molar refractivity (Wildman–Crippen MR) is 250 cm³/mol. The molecule has 4 aromatic rings. The summed E-state index contributed by atoms with van der Waals surface area (Å²) in [5.74, 6) is -2.16. The maximum Gasteiger partial charge on any atom is 0.513 e. The van der Waals surface area contributed by atoms with Gasteiger partial charge in [0, 0.05) is 18.1 Å². The largest absolute Gasteiger partial charge is 0.513 e. The van der Waals surface area contributed by atoms with Gasteiger partial charge in [0.05, 0.1) is 75.1 Å². The third-order valence-corrected chi connectivity index (χ3v) is 10.2. The van der Waals surface area contributed by atoms with Crippen LogP contribution >= 0.6 is 0 Å². The van der Waals surface area contributed by atoms with Crippen LogP contribution < -0.4 is 18.9 Å². The van der Waals surface area contributed by atoms with Crippen molar-refractivity contribution in [2.24, 2.45) is 5.92 Å². The molecule has 0 unspecified atom stereocenters. The standard InChI is InChI=1S/C29H30O11.C23H22O9/c1-3-24(30)34-14-4-5-15-35-29(33)39-22-12-8-19(9-13-22)27(31)38-21-10-6-20(7-11-21)28(32)40-23-17-37-25-18(2)16-36-26(23)25;1-3-20(24)29-14-4-5-15-30-23(27)32-19-12-8-17(9-13-19)22(26)31-18-10-6-16(7-11-18)21(25)28-2/h3,6-13,18,23,25-26H,1,4-5,14-17H2,2H3;3,6-13H,1,4-5,14-15H2,2H3/t18-,23+,25-,26+;/m1./s1. The van der Waals surface area contributed by atoms with E-state index in [1.54, 1.807) is 0 Å². The van der Waals surface area contributed by atoms with E-state index in [9.17, 15) is 38.4 Å². The predicted octanol–water partition coefficient (Wildman–Crippen LogP) is 7.61. The summed E-state index contributed by atoms with van der Waals surface area (Å²) in [6.45, 7) is 10.1. The molecule has 4 aromatic carbocycles. The molecule has 0 bridgehead atoms. The molecule has 380 valence electrons. The lowest BCUT2D eigenvalue weighted by Crippen LogP contribution is -2.32. The van der Waals surface area contributed by atoms with Crippen LogP contribution in [-0.4, -0.2) is 113 Å². The van der Waals surface area contributed by atoms with Crippen molar-refractivity contribution >= 4 is 48.1 Å². The fourth-order valence-corrected chi connectivity index (χ4v) is 6.48. The Bertz CT molecular complexity index is 2500. The van der Waals surface area contributed by atoms with Crippen molar-refractivity contribution in [2.75, 3.05) is 46.8 Å². The van der Waals surface area contributed by atoms with Gasteiger partial charge in [0.15, 0.2) is 6.10 Å². The molecule has 20 nitrogen and oxygen atoms in total. The van der Waals surface area contributed by atoms with Crippen molar-refractivity contribution in [2.45, 2.75) is 50.9 Å². The first kappa shape index (κ1) is 54.6. The van der Waals surface area contributed by atoms with Crippen LogP contribution in [0.3, 0.4) is 0 Å². The Morgan fingerprint density at radius 2 is 0.819 bits per heavy atom. The maximum absolute atomic E-state index is 12.6. The Morgan fingerprint density at radius 3 is 1.21 bits per heavy atom. The molecule has 20 heteroatoms. The van der Waals surface area contributed by atoms with E-state index in [4.69, 9.17) is 52.1 Å². The van der Waals surface area contributed by atoms with Gasteiger partial charge in [-0.05, 0) is 123 Å². The number of esters is 6. The third kappa shape index (κ3) is 17.6. The van der Waals surface area contributed by atoms with Crippen LogP contribution in [0.5, 0.6) is 23.0 Å². The minimum absolute atomic E-state index is 0.0627. The summed E-state index contributed by atoms with van der Waals surface area (Å²) in [6.07, 6.45) is 1.58. The van der Waals surface area contributed by atoms with Crippen molar-refractivity contribution in [3.05, 3.63) is 145 Å². The normalized spacial score (nSPS) is 16.1. The molecule has 6 rings (SSSR count). The van der Waals surface area contributed by atoms with Crippen LogP contribution in [0.4, 0.5) is 9.59 Å². The van der Waals surface area contributed by atoms with E-state index in [0.717, 1.165) is 12.2 Å². The molecule has 0 aliphatic carbocycles. The summed E-state index contributed by atoms with van der Waals surface area (Å²) in [6, 6.07) is 23.3. The first-order valence-electron chi connectivity index (χ1n) is 22.4. The highest BCUT2D eigenvalue weighted by Gasteiger charge is 2.47. The number of methoxy groups -OCH3 is 1. The Morgan fingerprint density at radius 1 is 0.472 bits per heavy atom. The Hall–Kier alpha value is -8.36. The van der Waals surface area contributed by atoms with Gasteiger partial charge in [0.2, 0.25) is 0 Å². The van der Waals surface area contributed by atoms with E-state index in [2.05, 4.69) is 17.9 Å². The number of fused-ring (bicyclic) bond motifs is 1. The molecule has 0 N–H and O–H groups in total. The molecule has 0 aromatic heterocycles. The van der Waals surface area contributed by atoms with Gasteiger partial charge in [0.25, 0.3) is 0 Å². The van der Waals surface area contributed by atoms with E-state index >= 15 is 0 Å². The number of rotatable bonds is 21. The molecule has 0 amide bonds. The summed E-state index contributed by atoms with van der Waals surface area (Å²) < 4.78 is 61.8. The van der Waals surface area contributed by atoms with E-state index in [1.165, 1.54) is 104 Å². The van der Waals surface area contributed by atoms with Crippen LogP contribution in [0.15, 0.2) is 122 Å². The van der Waals surface area contributed by atoms with Crippen LogP contribution in [0.25, 0.3) is 0 Å². The molecule has 0 spiro atoms. The minimum atomic E-state index is -0.900. The lowest BCUT2D eigenvalue weighted by atomic mass is 10.0. The zero-order chi connectivity index (χ0) is 51.8. The maximum atomic E-state index is 12.6. The molecular weight excluding hydrogens is 945 g/mol. The van der Waals surface area contributed by atoms with Gasteiger partial charge in [-0.2, -0.15) is 0 Å². The molecule has 0 radical (unpaired) electrons. The van der Waals surface area contributed by atoms with Crippen molar-refractivity contribution in [1.82, 2.24) is 0 Å². The molecule has 72 heavy (non-hydrogen) atoms. The summed E-state index contributed by atoms with van der Waals surface area (Å²) in [4.78, 5) is 94.0. The Kier molecular flexibility index (Phi) is 21.5. The second-order valence-corrected chi connectivity index (χ2v) is 15.4. The molecule has 2 heterocycles. The highest BCUT2D eigenvalue weighted by Crippen LogP contribution is 2.33. The zero-order valence-corrected chi connectivity index (χ0v) is 39.4. The summed E-state index contributed by atoms with van der Waals surface area (Å²) in [7, 11) is 1.27. The number of carbonyl (C=O) groups is 8. The van der Waals surface area contributed by atoms with Crippen molar-refractivity contribution in [3.63, 3.8) is 0 Å². The van der Waals surface area contributed by atoms with E-state index in [-0.39, 0.29) is 78.7 Å². The van der Waals surface area contributed by atoms with E-state index in [1.807, 2.05) is 6.92 Å². The molecular formula is C52H52O20. The van der Waals surface area contributed by atoms with Crippen LogP contribution in [0.1, 0.15) is 74.0 Å². The van der Waals surface area contributed by atoms with Gasteiger partial charge in [0.1, 0.15) is 29.1 Å². The number of hydrogen-bond donors (Lipinski definition) is 0. The quantitative estimate of drug-likeness (QED) is 0.0195. The Balaban J connectivity index is 0.000000275. The average molecular weight is 997 g/mol. The molecule has 2 fully saturated rings. The average Bonchev–Trinajstić information content (AvgIpc) is 3.98. The summed E-state index contributed by atoms with van der Waals surface area (Å²) >= 11 is 0. The topological polar surface area (TPSA) is 247 Å². The number of benzene rings is 4. The van der Waals surface area contributed by atoms with E-state index in [0.29, 0.717) is 50.0 Å². The fourth-order valence-electron chi connectivity index (χ4n) is 6.48. The number of carbonyl (C=O) groups excluding carboxylic acids is 8. The second kappa shape index (κ2) is 28.3. The second-order valence-electron chi connectivity index (χ2n) is 15.4. The van der Waals surface area contributed by atoms with Gasteiger partial charge >= 0.3 is 48.1 Å². The van der Waals surface area contributed by atoms with Gasteiger partial charge in [-0.25, -0.2) is 38.4 Å². The van der Waals surface area contributed by atoms with Crippen LogP contribution in [-0.2, 0) is 47.5 Å². The molecule has 2 aliphatic rings. The molecule has 2 saturated heterocycles. The van der Waals surface area contributed by atoms with Crippen molar-refractivity contribution < 1.29 is 95.2 Å². The molecule has 0 saturated carbocycles. The monoisotopic (exact) mass is 996 g/mol. The number of unbranched alkanes of at least 4 members (excludes halogenated alkanes) is 2. The van der Waals surface area contributed by atoms with Gasteiger partial charge < -0.3 is 56.8 Å². The SMILES string of the molecule is C=CC(=O)OCCCCOC(=O)Oc1ccc(C(=O)Oc2ccc(C(=O)OC)cc2)cc1.C=CC(=O)OCCCCOC(=O)Oc1ccc(C(=O)Oc2ccc(C(=O)O[C@H]3CO[C@H]4[C@H]3OC[C@H]4C)cc2)cc1. The Labute approximate surface area is 413 Å². The zero-order valence-electron chi connectivity index (χ0n) is 39.4. The molecule has 2 aliphatic heterocycles.